The lowest BCUT2D eigenvalue weighted by Gasteiger charge is -2.12. The second-order valence-electron chi connectivity index (χ2n) is 6.52. The van der Waals surface area contributed by atoms with Gasteiger partial charge >= 0.3 is 5.97 Å². The van der Waals surface area contributed by atoms with Gasteiger partial charge in [0.2, 0.25) is 5.95 Å². The molecule has 0 bridgehead atoms. The smallest absolute Gasteiger partial charge is 0.337 e. The maximum Gasteiger partial charge on any atom is 0.337 e. The van der Waals surface area contributed by atoms with Gasteiger partial charge in [0, 0.05) is 23.0 Å². The third-order valence-electron chi connectivity index (χ3n) is 4.38. The van der Waals surface area contributed by atoms with E-state index in [1.165, 1.54) is 7.11 Å². The number of aromatic nitrogens is 2. The van der Waals surface area contributed by atoms with Crippen LogP contribution < -0.4 is 10.6 Å². The van der Waals surface area contributed by atoms with Gasteiger partial charge in [-0.1, -0.05) is 54.6 Å². The van der Waals surface area contributed by atoms with Gasteiger partial charge in [0.1, 0.15) is 5.82 Å². The first kappa shape index (κ1) is 19.1. The molecule has 0 aliphatic rings. The number of hydrogen-bond donors (Lipinski definition) is 2. The lowest BCUT2D eigenvalue weighted by Crippen LogP contribution is -2.04. The van der Waals surface area contributed by atoms with E-state index < -0.39 is 5.97 Å². The van der Waals surface area contributed by atoms with E-state index in [0.717, 1.165) is 22.6 Å². The molecule has 3 aromatic carbocycles. The Morgan fingerprint density at radius 1 is 0.767 bits per heavy atom. The topological polar surface area (TPSA) is 76.1 Å². The van der Waals surface area contributed by atoms with E-state index in [1.54, 1.807) is 18.2 Å². The number of nitrogens with one attached hydrogen (secondary N) is 2. The highest BCUT2D eigenvalue weighted by Gasteiger charge is 2.10. The Balaban J connectivity index is 1.70. The van der Waals surface area contributed by atoms with Gasteiger partial charge in [-0.05, 0) is 30.3 Å². The van der Waals surface area contributed by atoms with Crippen molar-refractivity contribution in [2.45, 2.75) is 0 Å². The van der Waals surface area contributed by atoms with Crippen molar-refractivity contribution >= 4 is 29.1 Å². The molecule has 6 nitrogen and oxygen atoms in total. The molecule has 0 atom stereocenters. The third kappa shape index (κ3) is 4.62. The number of nitrogens with zero attached hydrogens (tertiary/aromatic N) is 2. The molecule has 4 aromatic rings. The molecule has 1 aromatic heterocycles. The quantitative estimate of drug-likeness (QED) is 0.424. The van der Waals surface area contributed by atoms with Crippen LogP contribution in [0, 0.1) is 0 Å². The van der Waals surface area contributed by atoms with Crippen molar-refractivity contribution in [1.82, 2.24) is 9.97 Å². The Labute approximate surface area is 174 Å². The molecule has 0 amide bonds. The Hall–Kier alpha value is -4.19. The first-order valence-electron chi connectivity index (χ1n) is 9.43. The van der Waals surface area contributed by atoms with Crippen molar-refractivity contribution in [1.29, 1.82) is 0 Å². The van der Waals surface area contributed by atoms with E-state index in [4.69, 9.17) is 4.74 Å². The highest BCUT2D eigenvalue weighted by Crippen LogP contribution is 2.25. The Kier molecular flexibility index (Phi) is 5.66. The summed E-state index contributed by atoms with van der Waals surface area (Å²) in [4.78, 5) is 21.1. The molecule has 148 valence electrons. The minimum Gasteiger partial charge on any atom is -0.465 e. The van der Waals surface area contributed by atoms with Crippen LogP contribution in [-0.4, -0.2) is 23.0 Å². The van der Waals surface area contributed by atoms with E-state index in [2.05, 4.69) is 20.6 Å². The second kappa shape index (κ2) is 8.87. The molecule has 0 aliphatic heterocycles. The number of carbonyl (C=O) groups excluding carboxylic acids is 1. The molecule has 2 N–H and O–H groups in total. The lowest BCUT2D eigenvalue weighted by atomic mass is 10.1. The standard InChI is InChI=1S/C24H20N4O2/c1-30-23(29)18-11-8-14-20(15-18)25-22-16-21(17-9-4-2-5-10-17)27-24(28-22)26-19-12-6-3-7-13-19/h2-16H,1H3,(H2,25,26,27,28). The van der Waals surface area contributed by atoms with Crippen LogP contribution in [0.25, 0.3) is 11.3 Å². The minimum atomic E-state index is -0.391. The maximum atomic E-state index is 11.8. The summed E-state index contributed by atoms with van der Waals surface area (Å²) in [6.45, 7) is 0. The summed E-state index contributed by atoms with van der Waals surface area (Å²) in [7, 11) is 1.36. The third-order valence-corrected chi connectivity index (χ3v) is 4.38. The maximum absolute atomic E-state index is 11.8. The van der Waals surface area contributed by atoms with Crippen molar-refractivity contribution in [3.63, 3.8) is 0 Å². The van der Waals surface area contributed by atoms with Crippen LogP contribution in [0.4, 0.5) is 23.1 Å². The molecular weight excluding hydrogens is 376 g/mol. The Morgan fingerprint density at radius 3 is 2.20 bits per heavy atom. The van der Waals surface area contributed by atoms with Gasteiger partial charge < -0.3 is 15.4 Å². The molecule has 4 rings (SSSR count). The van der Waals surface area contributed by atoms with Gasteiger partial charge in [0.25, 0.3) is 0 Å². The van der Waals surface area contributed by atoms with Crippen LogP contribution in [0.3, 0.4) is 0 Å². The van der Waals surface area contributed by atoms with Crippen LogP contribution in [-0.2, 0) is 4.74 Å². The fraction of sp³-hybridized carbons (Fsp3) is 0.0417. The molecular formula is C24H20N4O2. The van der Waals surface area contributed by atoms with Crippen LogP contribution in [0.1, 0.15) is 10.4 Å². The number of benzene rings is 3. The number of carbonyl (C=O) groups is 1. The molecule has 1 heterocycles. The van der Waals surface area contributed by atoms with Crippen LogP contribution in [0.5, 0.6) is 0 Å². The molecule has 6 heteroatoms. The SMILES string of the molecule is COC(=O)c1cccc(Nc2cc(-c3ccccc3)nc(Nc3ccccc3)n2)c1. The summed E-state index contributed by atoms with van der Waals surface area (Å²) < 4.78 is 4.80. The molecule has 0 aliphatic carbocycles. The molecule has 0 saturated heterocycles. The van der Waals surface area contributed by atoms with Gasteiger partial charge in [-0.2, -0.15) is 4.98 Å². The molecule has 0 radical (unpaired) electrons. The van der Waals surface area contributed by atoms with E-state index in [9.17, 15) is 4.79 Å². The first-order chi connectivity index (χ1) is 14.7. The van der Waals surface area contributed by atoms with Crippen molar-refractivity contribution in [2.75, 3.05) is 17.7 Å². The van der Waals surface area contributed by atoms with Gasteiger partial charge in [0.15, 0.2) is 0 Å². The average molecular weight is 396 g/mol. The number of rotatable bonds is 6. The number of anilines is 4. The highest BCUT2D eigenvalue weighted by atomic mass is 16.5. The lowest BCUT2D eigenvalue weighted by molar-refractivity contribution is 0.0601. The summed E-state index contributed by atoms with van der Waals surface area (Å²) in [5.74, 6) is 0.677. The highest BCUT2D eigenvalue weighted by molar-refractivity contribution is 5.90. The predicted octanol–water partition coefficient (Wildman–Crippen LogP) is 5.42. The molecule has 0 saturated carbocycles. The van der Waals surface area contributed by atoms with Crippen LogP contribution >= 0.6 is 0 Å². The second-order valence-corrected chi connectivity index (χ2v) is 6.52. The van der Waals surface area contributed by atoms with Crippen molar-refractivity contribution in [2.24, 2.45) is 0 Å². The Bertz CT molecular complexity index is 1150. The average Bonchev–Trinajstić information content (AvgIpc) is 2.80. The minimum absolute atomic E-state index is 0.391. The van der Waals surface area contributed by atoms with Crippen molar-refractivity contribution in [3.05, 3.63) is 96.6 Å². The zero-order chi connectivity index (χ0) is 20.8. The van der Waals surface area contributed by atoms with E-state index in [1.807, 2.05) is 72.8 Å². The summed E-state index contributed by atoms with van der Waals surface area (Å²) in [5, 5.41) is 6.50. The molecule has 0 fully saturated rings. The van der Waals surface area contributed by atoms with Crippen molar-refractivity contribution < 1.29 is 9.53 Å². The van der Waals surface area contributed by atoms with Gasteiger partial charge in [-0.15, -0.1) is 0 Å². The monoisotopic (exact) mass is 396 g/mol. The van der Waals surface area contributed by atoms with Crippen molar-refractivity contribution in [3.8, 4) is 11.3 Å². The zero-order valence-corrected chi connectivity index (χ0v) is 16.4. The van der Waals surface area contributed by atoms with Gasteiger partial charge in [-0.3, -0.25) is 0 Å². The van der Waals surface area contributed by atoms with E-state index in [0.29, 0.717) is 17.3 Å². The number of hydrogen-bond acceptors (Lipinski definition) is 6. The summed E-state index contributed by atoms with van der Waals surface area (Å²) in [6, 6.07) is 28.6. The zero-order valence-electron chi connectivity index (χ0n) is 16.4. The number of ether oxygens (including phenoxy) is 1. The van der Waals surface area contributed by atoms with Gasteiger partial charge in [-0.25, -0.2) is 9.78 Å². The number of para-hydroxylation sites is 1. The number of methoxy groups -OCH3 is 1. The van der Waals surface area contributed by atoms with Gasteiger partial charge in [0.05, 0.1) is 18.4 Å². The van der Waals surface area contributed by atoms with Crippen LogP contribution in [0.15, 0.2) is 91.0 Å². The first-order valence-corrected chi connectivity index (χ1v) is 9.43. The molecule has 0 spiro atoms. The number of esters is 1. The summed E-state index contributed by atoms with van der Waals surface area (Å²) in [6.07, 6.45) is 0. The largest absolute Gasteiger partial charge is 0.465 e. The normalized spacial score (nSPS) is 10.3. The Morgan fingerprint density at radius 2 is 1.47 bits per heavy atom. The van der Waals surface area contributed by atoms with E-state index >= 15 is 0 Å². The fourth-order valence-corrected chi connectivity index (χ4v) is 2.96. The summed E-state index contributed by atoms with van der Waals surface area (Å²) in [5.41, 5.74) is 3.82. The summed E-state index contributed by atoms with van der Waals surface area (Å²) >= 11 is 0. The molecule has 30 heavy (non-hydrogen) atoms. The van der Waals surface area contributed by atoms with E-state index in [-0.39, 0.29) is 0 Å². The fourth-order valence-electron chi connectivity index (χ4n) is 2.96. The predicted molar refractivity (Wildman–Crippen MR) is 118 cm³/mol. The molecule has 0 unspecified atom stereocenters. The van der Waals surface area contributed by atoms with Crippen LogP contribution in [0.2, 0.25) is 0 Å².